The van der Waals surface area contributed by atoms with Crippen LogP contribution in [0, 0.1) is 11.7 Å². The van der Waals surface area contributed by atoms with Crippen molar-refractivity contribution in [3.8, 4) is 0 Å². The molecule has 1 unspecified atom stereocenters. The highest BCUT2D eigenvalue weighted by molar-refractivity contribution is 7.99. The van der Waals surface area contributed by atoms with Crippen LogP contribution in [0.4, 0.5) is 26.6 Å². The molecule has 3 aromatic rings. The Morgan fingerprint density at radius 2 is 1.84 bits per heavy atom. The van der Waals surface area contributed by atoms with Gasteiger partial charge in [-0.1, -0.05) is 6.07 Å². The molecule has 9 nitrogen and oxygen atoms in total. The van der Waals surface area contributed by atoms with E-state index in [4.69, 9.17) is 0 Å². The van der Waals surface area contributed by atoms with Gasteiger partial charge in [0.15, 0.2) is 5.13 Å². The van der Waals surface area contributed by atoms with Crippen LogP contribution in [-0.2, 0) is 24.9 Å². The summed E-state index contributed by atoms with van der Waals surface area (Å²) in [6.07, 6.45) is 0.0432. The summed E-state index contributed by atoms with van der Waals surface area (Å²) in [6.45, 7) is 1.60. The number of carbonyl (C=O) groups excluding carboxylic acids is 4. The maximum atomic E-state index is 13.5. The third-order valence-corrected chi connectivity index (χ3v) is 7.14. The number of carbonyl (C=O) groups is 4. The monoisotopic (exact) mass is 541 g/mol. The Hall–Kier alpha value is -3.77. The zero-order valence-corrected chi connectivity index (χ0v) is 21.5. The highest BCUT2D eigenvalue weighted by Gasteiger charge is 2.35. The van der Waals surface area contributed by atoms with Gasteiger partial charge in [0.25, 0.3) is 0 Å². The average molecular weight is 542 g/mol. The van der Waals surface area contributed by atoms with Crippen LogP contribution in [0.25, 0.3) is 0 Å². The van der Waals surface area contributed by atoms with Gasteiger partial charge in [-0.15, -0.1) is 23.1 Å². The first kappa shape index (κ1) is 26.3. The number of amides is 4. The van der Waals surface area contributed by atoms with E-state index in [-0.39, 0.29) is 42.3 Å². The van der Waals surface area contributed by atoms with Crippen molar-refractivity contribution in [3.05, 3.63) is 65.4 Å². The molecule has 0 aliphatic carbocycles. The summed E-state index contributed by atoms with van der Waals surface area (Å²) in [6, 6.07) is 12.6. The minimum atomic E-state index is -0.562. The highest BCUT2D eigenvalue weighted by atomic mass is 32.2. The Labute approximate surface area is 220 Å². The third kappa shape index (κ3) is 7.37. The van der Waals surface area contributed by atoms with E-state index in [1.165, 1.54) is 53.1 Å². The number of hydrogen-bond donors (Lipinski definition) is 3. The molecule has 0 radical (unpaired) electrons. The third-order valence-electron chi connectivity index (χ3n) is 5.37. The van der Waals surface area contributed by atoms with E-state index in [9.17, 15) is 23.6 Å². The van der Waals surface area contributed by atoms with E-state index in [2.05, 4.69) is 20.9 Å². The summed E-state index contributed by atoms with van der Waals surface area (Å²) < 4.78 is 13.5. The lowest BCUT2D eigenvalue weighted by Crippen LogP contribution is -2.28. The van der Waals surface area contributed by atoms with E-state index >= 15 is 0 Å². The van der Waals surface area contributed by atoms with E-state index in [0.717, 1.165) is 5.69 Å². The number of nitrogens with zero attached hydrogens (tertiary/aromatic N) is 2. The van der Waals surface area contributed by atoms with Gasteiger partial charge < -0.3 is 20.9 Å². The molecular weight excluding hydrogens is 517 g/mol. The van der Waals surface area contributed by atoms with Gasteiger partial charge >= 0.3 is 0 Å². The predicted octanol–water partition coefficient (Wildman–Crippen LogP) is 4.10. The van der Waals surface area contributed by atoms with Crippen LogP contribution in [0.1, 0.15) is 19.0 Å². The van der Waals surface area contributed by atoms with E-state index in [0.29, 0.717) is 27.9 Å². The zero-order valence-electron chi connectivity index (χ0n) is 19.8. The number of nitrogens with one attached hydrogen (secondary N) is 3. The number of thiazole rings is 1. The van der Waals surface area contributed by atoms with E-state index in [1.54, 1.807) is 35.7 Å². The van der Waals surface area contributed by atoms with Crippen LogP contribution in [-0.4, -0.2) is 40.9 Å². The SMILES string of the molecule is CC(=O)Nc1ccc(NC(=O)CSCc2csc(NC(=O)C3CC(=O)N(c4cccc(F)c4)C3)n2)cc1. The smallest absolute Gasteiger partial charge is 0.234 e. The lowest BCUT2D eigenvalue weighted by molar-refractivity contribution is -0.122. The molecule has 12 heteroatoms. The zero-order chi connectivity index (χ0) is 26.4. The van der Waals surface area contributed by atoms with Crippen molar-refractivity contribution in [3.63, 3.8) is 0 Å². The quantitative estimate of drug-likeness (QED) is 0.375. The van der Waals surface area contributed by atoms with Crippen LogP contribution in [0.15, 0.2) is 53.9 Å². The maximum absolute atomic E-state index is 13.5. The fourth-order valence-electron chi connectivity index (χ4n) is 3.70. The molecule has 1 aliphatic rings. The second kappa shape index (κ2) is 12.0. The Balaban J connectivity index is 1.21. The molecular formula is C25H24FN5O4S2. The average Bonchev–Trinajstić information content (AvgIpc) is 3.46. The largest absolute Gasteiger partial charge is 0.326 e. The van der Waals surface area contributed by atoms with Crippen molar-refractivity contribution < 1.29 is 23.6 Å². The molecule has 1 fully saturated rings. The Bertz CT molecular complexity index is 1310. The Morgan fingerprint density at radius 1 is 1.11 bits per heavy atom. The minimum Gasteiger partial charge on any atom is -0.326 e. The van der Waals surface area contributed by atoms with Crippen molar-refractivity contribution in [1.82, 2.24) is 4.98 Å². The number of hydrogen-bond acceptors (Lipinski definition) is 7. The van der Waals surface area contributed by atoms with Crippen molar-refractivity contribution in [2.24, 2.45) is 5.92 Å². The second-order valence-corrected chi connectivity index (χ2v) is 10.2. The number of aromatic nitrogens is 1. The number of halogens is 1. The van der Waals surface area contributed by atoms with Gasteiger partial charge in [-0.25, -0.2) is 9.37 Å². The van der Waals surface area contributed by atoms with Crippen molar-refractivity contribution >= 4 is 68.9 Å². The van der Waals surface area contributed by atoms with Crippen LogP contribution in [0.5, 0.6) is 0 Å². The van der Waals surface area contributed by atoms with Crippen molar-refractivity contribution in [2.75, 3.05) is 33.1 Å². The molecule has 1 saturated heterocycles. The van der Waals surface area contributed by atoms with Crippen LogP contribution in [0.3, 0.4) is 0 Å². The summed E-state index contributed by atoms with van der Waals surface area (Å²) in [5, 5.41) is 10.4. The van der Waals surface area contributed by atoms with E-state index < -0.39 is 11.7 Å². The van der Waals surface area contributed by atoms with Crippen LogP contribution in [0.2, 0.25) is 0 Å². The molecule has 192 valence electrons. The van der Waals surface area contributed by atoms with Crippen LogP contribution < -0.4 is 20.9 Å². The van der Waals surface area contributed by atoms with Gasteiger partial charge in [0.05, 0.1) is 17.4 Å². The lowest BCUT2D eigenvalue weighted by Gasteiger charge is -2.16. The molecule has 0 saturated carbocycles. The number of anilines is 4. The van der Waals surface area contributed by atoms with Crippen molar-refractivity contribution in [2.45, 2.75) is 19.1 Å². The molecule has 4 rings (SSSR count). The summed E-state index contributed by atoms with van der Waals surface area (Å²) in [5.74, 6) is -1.19. The molecule has 2 aromatic carbocycles. The lowest BCUT2D eigenvalue weighted by atomic mass is 10.1. The van der Waals surface area contributed by atoms with Gasteiger partial charge in [0, 0.05) is 48.1 Å². The predicted molar refractivity (Wildman–Crippen MR) is 143 cm³/mol. The van der Waals surface area contributed by atoms with E-state index in [1.807, 2.05) is 0 Å². The van der Waals surface area contributed by atoms with Crippen molar-refractivity contribution in [1.29, 1.82) is 0 Å². The normalized spacial score (nSPS) is 14.9. The molecule has 4 amide bonds. The van der Waals surface area contributed by atoms with Gasteiger partial charge in [-0.3, -0.25) is 19.2 Å². The first-order valence-corrected chi connectivity index (χ1v) is 13.4. The van der Waals surface area contributed by atoms with Gasteiger partial charge in [0.1, 0.15) is 5.82 Å². The van der Waals surface area contributed by atoms with Gasteiger partial charge in [-0.2, -0.15) is 0 Å². The molecule has 0 spiro atoms. The first-order chi connectivity index (χ1) is 17.8. The highest BCUT2D eigenvalue weighted by Crippen LogP contribution is 2.27. The first-order valence-electron chi connectivity index (χ1n) is 11.3. The Morgan fingerprint density at radius 3 is 2.54 bits per heavy atom. The minimum absolute atomic E-state index is 0.0432. The van der Waals surface area contributed by atoms with Gasteiger partial charge in [0.2, 0.25) is 23.6 Å². The molecule has 3 N–H and O–H groups in total. The molecule has 37 heavy (non-hydrogen) atoms. The van der Waals surface area contributed by atoms with Gasteiger partial charge in [-0.05, 0) is 42.5 Å². The summed E-state index contributed by atoms with van der Waals surface area (Å²) >= 11 is 2.65. The molecule has 2 heterocycles. The molecule has 0 bridgehead atoms. The number of thioether (sulfide) groups is 1. The Kier molecular flexibility index (Phi) is 8.51. The summed E-state index contributed by atoms with van der Waals surface area (Å²) in [4.78, 5) is 54.1. The number of rotatable bonds is 9. The standard InChI is InChI=1S/C25H24FN5O4S2/c1-15(32)27-18-5-7-19(8-6-18)28-22(33)14-36-12-20-13-37-25(29-20)30-24(35)16-9-23(34)31(11-16)21-4-2-3-17(26)10-21/h2-8,10,13,16H,9,11-12,14H2,1H3,(H,27,32)(H,28,33)(H,29,30,35). The fourth-order valence-corrected chi connectivity index (χ4v) is 5.24. The van der Waals surface area contributed by atoms with Crippen LogP contribution >= 0.6 is 23.1 Å². The number of benzene rings is 2. The maximum Gasteiger partial charge on any atom is 0.234 e. The summed E-state index contributed by atoms with van der Waals surface area (Å²) in [5.41, 5.74) is 2.43. The molecule has 1 aliphatic heterocycles. The molecule has 1 atom stereocenters. The second-order valence-electron chi connectivity index (χ2n) is 8.32. The molecule has 1 aromatic heterocycles. The topological polar surface area (TPSA) is 120 Å². The fraction of sp³-hybridized carbons (Fsp3) is 0.240. The summed E-state index contributed by atoms with van der Waals surface area (Å²) in [7, 11) is 0.